The van der Waals surface area contributed by atoms with E-state index < -0.39 is 0 Å². The normalized spacial score (nSPS) is 12.1. The van der Waals surface area contributed by atoms with E-state index in [4.69, 9.17) is 0 Å². The smallest absolute Gasteiger partial charge is 0.330 e. The van der Waals surface area contributed by atoms with Crippen LogP contribution in [0.3, 0.4) is 0 Å². The van der Waals surface area contributed by atoms with E-state index in [0.29, 0.717) is 6.54 Å². The van der Waals surface area contributed by atoms with E-state index in [2.05, 4.69) is 29.1 Å². The molecule has 0 aliphatic rings. The third kappa shape index (κ3) is 7.86. The van der Waals surface area contributed by atoms with Crippen LogP contribution >= 0.6 is 11.3 Å². The molecule has 0 aliphatic heterocycles. The Morgan fingerprint density at radius 2 is 2.00 bits per heavy atom. The van der Waals surface area contributed by atoms with Gasteiger partial charge in [-0.1, -0.05) is 57.7 Å². The van der Waals surface area contributed by atoms with Crippen LogP contribution in [0, 0.1) is 5.92 Å². The maximum absolute atomic E-state index is 12.3. The van der Waals surface area contributed by atoms with Crippen LogP contribution in [-0.4, -0.2) is 19.0 Å². The molecule has 0 spiro atoms. The maximum Gasteiger partial charge on any atom is 0.330 e. The summed E-state index contributed by atoms with van der Waals surface area (Å²) in [4.78, 5) is 25.7. The van der Waals surface area contributed by atoms with E-state index in [0.717, 1.165) is 33.7 Å². The second-order valence-electron chi connectivity index (χ2n) is 7.23. The molecule has 1 heterocycles. The van der Waals surface area contributed by atoms with Crippen LogP contribution in [-0.2, 0) is 20.9 Å². The molecule has 1 amide bonds. The number of carbonyl (C=O) groups is 2. The van der Waals surface area contributed by atoms with Crippen LogP contribution in [0.5, 0.6) is 0 Å². The Bertz CT molecular complexity index is 825. The molecule has 1 aromatic carbocycles. The molecule has 29 heavy (non-hydrogen) atoms. The van der Waals surface area contributed by atoms with Gasteiger partial charge in [-0.25, -0.2) is 4.79 Å². The average Bonchev–Trinajstić information content (AvgIpc) is 3.22. The molecule has 1 N–H and O–H groups in total. The number of esters is 1. The Hall–Kier alpha value is -2.40. The highest BCUT2D eigenvalue weighted by molar-refractivity contribution is 7.16. The van der Waals surface area contributed by atoms with Crippen LogP contribution in [0.25, 0.3) is 16.5 Å². The number of thiophene rings is 1. The molecule has 0 fully saturated rings. The fourth-order valence-electron chi connectivity index (χ4n) is 3.02. The molecular weight excluding hydrogens is 382 g/mol. The first-order chi connectivity index (χ1) is 14.0. The average molecular weight is 414 g/mol. The van der Waals surface area contributed by atoms with Crippen molar-refractivity contribution in [2.45, 2.75) is 52.5 Å². The van der Waals surface area contributed by atoms with Crippen LogP contribution in [0.2, 0.25) is 0 Å². The molecule has 0 saturated heterocycles. The second-order valence-corrected chi connectivity index (χ2v) is 8.34. The summed E-state index contributed by atoms with van der Waals surface area (Å²) >= 11 is 1.61. The molecule has 156 valence electrons. The zero-order valence-electron chi connectivity index (χ0n) is 17.6. The van der Waals surface area contributed by atoms with Gasteiger partial charge in [0.25, 0.3) is 0 Å². The fraction of sp³-hybridized carbons (Fsp3) is 0.417. The number of carbonyl (C=O) groups excluding carboxylic acids is 2. The SMILES string of the molecule is CCCCCCC(C)C(=O)NCc1cccc(-c2ccc(C=CC(=O)OC)s2)c1. The summed E-state index contributed by atoms with van der Waals surface area (Å²) in [6.07, 6.45) is 8.89. The molecule has 0 aliphatic carbocycles. The minimum absolute atomic E-state index is 0.0523. The summed E-state index contributed by atoms with van der Waals surface area (Å²) in [6, 6.07) is 12.2. The van der Waals surface area contributed by atoms with Crippen LogP contribution in [0.4, 0.5) is 0 Å². The van der Waals surface area contributed by atoms with Crippen molar-refractivity contribution in [1.82, 2.24) is 5.32 Å². The van der Waals surface area contributed by atoms with Crippen molar-refractivity contribution >= 4 is 29.3 Å². The van der Waals surface area contributed by atoms with E-state index in [1.165, 1.54) is 32.4 Å². The highest BCUT2D eigenvalue weighted by atomic mass is 32.1. The number of methoxy groups -OCH3 is 1. The lowest BCUT2D eigenvalue weighted by atomic mass is 10.0. The fourth-order valence-corrected chi connectivity index (χ4v) is 3.93. The standard InChI is InChI=1S/C24H31NO3S/c1-4-5-6-7-9-18(2)24(27)25-17-19-10-8-11-20(16-19)22-14-12-21(29-22)13-15-23(26)28-3/h8,10-16,18H,4-7,9,17H2,1-3H3,(H,25,27). The van der Waals surface area contributed by atoms with Gasteiger partial charge in [-0.05, 0) is 41.8 Å². The molecule has 1 aromatic heterocycles. The number of hydrogen-bond donors (Lipinski definition) is 1. The molecule has 2 aromatic rings. The number of unbranched alkanes of at least 4 members (excludes halogenated alkanes) is 3. The Morgan fingerprint density at radius 1 is 1.17 bits per heavy atom. The van der Waals surface area contributed by atoms with Crippen molar-refractivity contribution in [1.29, 1.82) is 0 Å². The van der Waals surface area contributed by atoms with Crippen molar-refractivity contribution in [3.8, 4) is 10.4 Å². The summed E-state index contributed by atoms with van der Waals surface area (Å²) in [6.45, 7) is 4.74. The van der Waals surface area contributed by atoms with Gasteiger partial charge in [0.15, 0.2) is 0 Å². The van der Waals surface area contributed by atoms with Crippen molar-refractivity contribution in [3.05, 3.63) is 52.9 Å². The monoisotopic (exact) mass is 413 g/mol. The first kappa shape index (κ1) is 22.9. The lowest BCUT2D eigenvalue weighted by Gasteiger charge is -2.12. The number of ether oxygens (including phenoxy) is 1. The largest absolute Gasteiger partial charge is 0.466 e. The second kappa shape index (κ2) is 12.2. The first-order valence-electron chi connectivity index (χ1n) is 10.3. The van der Waals surface area contributed by atoms with E-state index >= 15 is 0 Å². The van der Waals surface area contributed by atoms with Gasteiger partial charge in [0.2, 0.25) is 5.91 Å². The van der Waals surface area contributed by atoms with Crippen molar-refractivity contribution in [2.24, 2.45) is 5.92 Å². The quantitative estimate of drug-likeness (QED) is 0.287. The zero-order valence-corrected chi connectivity index (χ0v) is 18.4. The number of rotatable bonds is 11. The molecule has 1 unspecified atom stereocenters. The highest BCUT2D eigenvalue weighted by Gasteiger charge is 2.12. The van der Waals surface area contributed by atoms with E-state index in [1.807, 2.05) is 31.2 Å². The lowest BCUT2D eigenvalue weighted by Crippen LogP contribution is -2.28. The zero-order chi connectivity index (χ0) is 21.1. The molecular formula is C24H31NO3S. The van der Waals surface area contributed by atoms with Crippen LogP contribution in [0.1, 0.15) is 56.4 Å². The van der Waals surface area contributed by atoms with Gasteiger partial charge in [0, 0.05) is 28.3 Å². The minimum atomic E-state index is -0.364. The Balaban J connectivity index is 1.91. The number of hydrogen-bond acceptors (Lipinski definition) is 4. The Kier molecular flexibility index (Phi) is 9.65. The lowest BCUT2D eigenvalue weighted by molar-refractivity contribution is -0.134. The molecule has 0 radical (unpaired) electrons. The summed E-state index contributed by atoms with van der Waals surface area (Å²) in [7, 11) is 1.37. The summed E-state index contributed by atoms with van der Waals surface area (Å²) in [5.41, 5.74) is 2.18. The first-order valence-corrected chi connectivity index (χ1v) is 11.1. The third-order valence-electron chi connectivity index (χ3n) is 4.83. The summed E-state index contributed by atoms with van der Waals surface area (Å²) in [5, 5.41) is 3.06. The number of amides is 1. The van der Waals surface area contributed by atoms with Gasteiger partial charge in [-0.2, -0.15) is 0 Å². The van der Waals surface area contributed by atoms with Crippen molar-refractivity contribution in [2.75, 3.05) is 7.11 Å². The van der Waals surface area contributed by atoms with Gasteiger partial charge in [0.1, 0.15) is 0 Å². The molecule has 0 bridgehead atoms. The number of benzene rings is 1. The third-order valence-corrected chi connectivity index (χ3v) is 5.93. The molecule has 5 heteroatoms. The topological polar surface area (TPSA) is 55.4 Å². The van der Waals surface area contributed by atoms with Crippen molar-refractivity contribution < 1.29 is 14.3 Å². The molecule has 1 atom stereocenters. The van der Waals surface area contributed by atoms with Gasteiger partial charge in [-0.15, -0.1) is 11.3 Å². The van der Waals surface area contributed by atoms with Gasteiger partial charge >= 0.3 is 5.97 Å². The Labute approximate surface area is 178 Å². The predicted octanol–water partition coefficient (Wildman–Crippen LogP) is 5.82. The predicted molar refractivity (Wildman–Crippen MR) is 121 cm³/mol. The van der Waals surface area contributed by atoms with Gasteiger partial charge < -0.3 is 10.1 Å². The maximum atomic E-state index is 12.3. The molecule has 4 nitrogen and oxygen atoms in total. The Morgan fingerprint density at radius 3 is 2.76 bits per heavy atom. The highest BCUT2D eigenvalue weighted by Crippen LogP contribution is 2.29. The van der Waals surface area contributed by atoms with Gasteiger partial charge in [-0.3, -0.25) is 4.79 Å². The van der Waals surface area contributed by atoms with Crippen LogP contribution in [0.15, 0.2) is 42.5 Å². The van der Waals surface area contributed by atoms with Crippen LogP contribution < -0.4 is 5.32 Å². The van der Waals surface area contributed by atoms with Gasteiger partial charge in [0.05, 0.1) is 7.11 Å². The molecule has 2 rings (SSSR count). The van der Waals surface area contributed by atoms with E-state index in [1.54, 1.807) is 17.4 Å². The summed E-state index contributed by atoms with van der Waals surface area (Å²) in [5.74, 6) is -0.188. The van der Waals surface area contributed by atoms with E-state index in [9.17, 15) is 9.59 Å². The van der Waals surface area contributed by atoms with Crippen molar-refractivity contribution in [3.63, 3.8) is 0 Å². The number of nitrogens with one attached hydrogen (secondary N) is 1. The molecule has 0 saturated carbocycles. The minimum Gasteiger partial charge on any atom is -0.466 e. The summed E-state index contributed by atoms with van der Waals surface area (Å²) < 4.78 is 4.62. The van der Waals surface area contributed by atoms with E-state index in [-0.39, 0.29) is 17.8 Å².